The van der Waals surface area contributed by atoms with Crippen LogP contribution < -0.4 is 4.72 Å². The van der Waals surface area contributed by atoms with Crippen LogP contribution in [0.25, 0.3) is 0 Å². The van der Waals surface area contributed by atoms with Gasteiger partial charge in [0.25, 0.3) is 0 Å². The largest absolute Gasteiger partial charge is 0.392 e. The molecule has 106 valence electrons. The van der Waals surface area contributed by atoms with E-state index in [9.17, 15) is 13.5 Å². The molecule has 5 nitrogen and oxygen atoms in total. The van der Waals surface area contributed by atoms with E-state index in [1.165, 1.54) is 6.07 Å². The van der Waals surface area contributed by atoms with Crippen LogP contribution in [0.4, 0.5) is 0 Å². The van der Waals surface area contributed by atoms with Crippen molar-refractivity contribution in [2.45, 2.75) is 36.8 Å². The van der Waals surface area contributed by atoms with Crippen LogP contribution in [-0.2, 0) is 21.4 Å². The van der Waals surface area contributed by atoms with Gasteiger partial charge in [0.05, 0.1) is 11.5 Å². The van der Waals surface area contributed by atoms with Crippen LogP contribution in [0.2, 0.25) is 0 Å². The molecule has 0 aliphatic carbocycles. The standard InChI is InChI=1S/C13H19NO4S/c1-13(6-8-18-9-7-13)14-19(16,17)12-5-3-2-4-11(12)10-15/h2-5,14-15H,6-10H2,1H3. The van der Waals surface area contributed by atoms with Crippen LogP contribution in [0, 0.1) is 0 Å². The zero-order valence-electron chi connectivity index (χ0n) is 10.9. The number of nitrogens with one attached hydrogen (secondary N) is 1. The predicted molar refractivity (Wildman–Crippen MR) is 71.1 cm³/mol. The van der Waals surface area contributed by atoms with Gasteiger partial charge in [0.1, 0.15) is 0 Å². The maximum Gasteiger partial charge on any atom is 0.241 e. The van der Waals surface area contributed by atoms with Crippen LogP contribution >= 0.6 is 0 Å². The van der Waals surface area contributed by atoms with Gasteiger partial charge in [0, 0.05) is 18.8 Å². The number of aliphatic hydroxyl groups excluding tert-OH is 1. The molecule has 1 aliphatic heterocycles. The Kier molecular flexibility index (Phi) is 4.25. The minimum absolute atomic E-state index is 0.144. The van der Waals surface area contributed by atoms with Gasteiger partial charge in [-0.05, 0) is 31.4 Å². The Hall–Kier alpha value is -0.950. The van der Waals surface area contributed by atoms with Gasteiger partial charge in [0.2, 0.25) is 10.0 Å². The summed E-state index contributed by atoms with van der Waals surface area (Å²) in [7, 11) is -3.63. The molecule has 1 heterocycles. The highest BCUT2D eigenvalue weighted by atomic mass is 32.2. The molecule has 0 radical (unpaired) electrons. The first-order chi connectivity index (χ1) is 8.97. The Morgan fingerprint density at radius 3 is 2.58 bits per heavy atom. The van der Waals surface area contributed by atoms with Crippen molar-refractivity contribution in [3.63, 3.8) is 0 Å². The summed E-state index contributed by atoms with van der Waals surface area (Å²) >= 11 is 0. The minimum atomic E-state index is -3.63. The molecule has 19 heavy (non-hydrogen) atoms. The fraction of sp³-hybridized carbons (Fsp3) is 0.538. The molecule has 2 N–H and O–H groups in total. The van der Waals surface area contributed by atoms with E-state index < -0.39 is 15.6 Å². The molecule has 0 unspecified atom stereocenters. The van der Waals surface area contributed by atoms with Crippen molar-refractivity contribution in [2.24, 2.45) is 0 Å². The number of ether oxygens (including phenoxy) is 1. The van der Waals surface area contributed by atoms with Crippen molar-refractivity contribution in [2.75, 3.05) is 13.2 Å². The lowest BCUT2D eigenvalue weighted by Crippen LogP contribution is -2.49. The molecule has 0 spiro atoms. The normalized spacial score (nSPS) is 19.3. The molecule has 1 saturated heterocycles. The zero-order valence-corrected chi connectivity index (χ0v) is 11.7. The second kappa shape index (κ2) is 5.58. The quantitative estimate of drug-likeness (QED) is 0.866. The zero-order chi connectivity index (χ0) is 13.9. The number of rotatable bonds is 4. The average Bonchev–Trinajstić information content (AvgIpc) is 2.38. The fourth-order valence-electron chi connectivity index (χ4n) is 2.20. The van der Waals surface area contributed by atoms with E-state index in [0.717, 1.165) is 0 Å². The number of sulfonamides is 1. The Balaban J connectivity index is 2.27. The van der Waals surface area contributed by atoms with E-state index in [2.05, 4.69) is 4.72 Å². The Morgan fingerprint density at radius 2 is 1.95 bits per heavy atom. The lowest BCUT2D eigenvalue weighted by atomic mass is 9.94. The number of benzene rings is 1. The lowest BCUT2D eigenvalue weighted by molar-refractivity contribution is 0.0537. The highest BCUT2D eigenvalue weighted by Gasteiger charge is 2.33. The van der Waals surface area contributed by atoms with Gasteiger partial charge in [-0.3, -0.25) is 0 Å². The van der Waals surface area contributed by atoms with Gasteiger partial charge >= 0.3 is 0 Å². The molecule has 0 atom stereocenters. The van der Waals surface area contributed by atoms with E-state index in [-0.39, 0.29) is 11.5 Å². The molecule has 2 rings (SSSR count). The van der Waals surface area contributed by atoms with Crippen LogP contribution in [0.1, 0.15) is 25.3 Å². The van der Waals surface area contributed by atoms with E-state index in [4.69, 9.17) is 4.74 Å². The first kappa shape index (κ1) is 14.5. The van der Waals surface area contributed by atoms with Gasteiger partial charge in [-0.15, -0.1) is 0 Å². The molecule has 1 fully saturated rings. The monoisotopic (exact) mass is 285 g/mol. The molecule has 1 aliphatic rings. The molecular formula is C13H19NO4S. The molecule has 0 amide bonds. The molecule has 1 aromatic carbocycles. The highest BCUT2D eigenvalue weighted by molar-refractivity contribution is 7.89. The fourth-order valence-corrected chi connectivity index (χ4v) is 3.90. The van der Waals surface area contributed by atoms with Gasteiger partial charge in [-0.1, -0.05) is 18.2 Å². The SMILES string of the molecule is CC1(NS(=O)(=O)c2ccccc2CO)CCOCC1. The van der Waals surface area contributed by atoms with Crippen molar-refractivity contribution < 1.29 is 18.3 Å². The summed E-state index contributed by atoms with van der Waals surface area (Å²) in [6.07, 6.45) is 1.29. The summed E-state index contributed by atoms with van der Waals surface area (Å²) in [4.78, 5) is 0.144. The van der Waals surface area contributed by atoms with Gasteiger partial charge in [-0.2, -0.15) is 0 Å². The number of hydrogen-bond acceptors (Lipinski definition) is 4. The van der Waals surface area contributed by atoms with Crippen molar-refractivity contribution in [3.05, 3.63) is 29.8 Å². The van der Waals surface area contributed by atoms with Crippen molar-refractivity contribution in [1.29, 1.82) is 0 Å². The molecule has 6 heteroatoms. The molecule has 0 aromatic heterocycles. The summed E-state index contributed by atoms with van der Waals surface area (Å²) in [5.41, 5.74) is -0.0784. The maximum absolute atomic E-state index is 12.4. The summed E-state index contributed by atoms with van der Waals surface area (Å²) in [5, 5.41) is 9.24. The third-order valence-electron chi connectivity index (χ3n) is 3.41. The summed E-state index contributed by atoms with van der Waals surface area (Å²) in [6.45, 7) is 2.70. The number of hydrogen-bond donors (Lipinski definition) is 2. The van der Waals surface area contributed by atoms with Crippen LogP contribution in [-0.4, -0.2) is 32.3 Å². The van der Waals surface area contributed by atoms with Crippen molar-refractivity contribution >= 4 is 10.0 Å². The van der Waals surface area contributed by atoms with Crippen LogP contribution in [0.3, 0.4) is 0 Å². The van der Waals surface area contributed by atoms with Gasteiger partial charge in [0.15, 0.2) is 0 Å². The van der Waals surface area contributed by atoms with E-state index in [0.29, 0.717) is 31.6 Å². The van der Waals surface area contributed by atoms with E-state index in [1.54, 1.807) is 18.2 Å². The molecule has 0 bridgehead atoms. The second-order valence-corrected chi connectivity index (χ2v) is 6.70. The second-order valence-electron chi connectivity index (χ2n) is 5.04. The smallest absolute Gasteiger partial charge is 0.241 e. The Labute approximate surface area is 113 Å². The molecule has 0 saturated carbocycles. The van der Waals surface area contributed by atoms with E-state index >= 15 is 0 Å². The topological polar surface area (TPSA) is 75.6 Å². The first-order valence-corrected chi connectivity index (χ1v) is 7.76. The third-order valence-corrected chi connectivity index (χ3v) is 5.15. The summed E-state index contributed by atoms with van der Waals surface area (Å²) < 4.78 is 32.8. The van der Waals surface area contributed by atoms with Crippen LogP contribution in [0.15, 0.2) is 29.2 Å². The molecule has 1 aromatic rings. The molecular weight excluding hydrogens is 266 g/mol. The van der Waals surface area contributed by atoms with Gasteiger partial charge < -0.3 is 9.84 Å². The van der Waals surface area contributed by atoms with Crippen molar-refractivity contribution in [1.82, 2.24) is 4.72 Å². The number of aliphatic hydroxyl groups is 1. The minimum Gasteiger partial charge on any atom is -0.392 e. The average molecular weight is 285 g/mol. The predicted octanol–water partition coefficient (Wildman–Crippen LogP) is 1.03. The third kappa shape index (κ3) is 3.33. The Morgan fingerprint density at radius 1 is 1.32 bits per heavy atom. The van der Waals surface area contributed by atoms with Crippen LogP contribution in [0.5, 0.6) is 0 Å². The summed E-state index contributed by atoms with van der Waals surface area (Å²) in [6, 6.07) is 6.48. The lowest BCUT2D eigenvalue weighted by Gasteiger charge is -2.34. The van der Waals surface area contributed by atoms with Crippen molar-refractivity contribution in [3.8, 4) is 0 Å². The summed E-state index contributed by atoms with van der Waals surface area (Å²) in [5.74, 6) is 0. The Bertz CT molecular complexity index is 535. The van der Waals surface area contributed by atoms with E-state index in [1.807, 2.05) is 6.92 Å². The highest BCUT2D eigenvalue weighted by Crippen LogP contribution is 2.24. The maximum atomic E-state index is 12.4. The first-order valence-electron chi connectivity index (χ1n) is 6.27. The van der Waals surface area contributed by atoms with Gasteiger partial charge in [-0.25, -0.2) is 13.1 Å².